The maximum Gasteiger partial charge on any atom is 0.326 e. The van der Waals surface area contributed by atoms with Gasteiger partial charge >= 0.3 is 5.97 Å². The van der Waals surface area contributed by atoms with Gasteiger partial charge in [-0.25, -0.2) is 4.79 Å². The lowest BCUT2D eigenvalue weighted by Gasteiger charge is -2.30. The summed E-state index contributed by atoms with van der Waals surface area (Å²) in [5.74, 6) is -3.22. The van der Waals surface area contributed by atoms with Gasteiger partial charge in [0.05, 0.1) is 6.04 Å². The average Bonchev–Trinajstić information content (AvgIpc) is 2.80. The van der Waals surface area contributed by atoms with Crippen LogP contribution in [0.1, 0.15) is 73.6 Å². The number of aliphatic carboxylic acids is 1. The van der Waals surface area contributed by atoms with E-state index in [1.54, 1.807) is 6.92 Å². The molecule has 3 amide bonds. The van der Waals surface area contributed by atoms with E-state index >= 15 is 0 Å². The fourth-order valence-corrected chi connectivity index (χ4v) is 3.51. The summed E-state index contributed by atoms with van der Waals surface area (Å²) in [6.45, 7) is 11.4. The predicted octanol–water partition coefficient (Wildman–Crippen LogP) is 0.0446. The van der Waals surface area contributed by atoms with Crippen LogP contribution in [-0.2, 0) is 19.2 Å². The Balaban J connectivity index is 5.50. The van der Waals surface area contributed by atoms with Gasteiger partial charge in [-0.1, -0.05) is 54.4 Å². The van der Waals surface area contributed by atoms with Gasteiger partial charge in [-0.3, -0.25) is 19.4 Å². The van der Waals surface area contributed by atoms with Crippen molar-refractivity contribution in [1.82, 2.24) is 16.0 Å². The van der Waals surface area contributed by atoms with Crippen molar-refractivity contribution in [2.24, 2.45) is 39.9 Å². The molecule has 0 aliphatic carbocycles. The topological polar surface area (TPSA) is 215 Å². The molecular formula is C24H47N7O5. The van der Waals surface area contributed by atoms with Gasteiger partial charge in [0.1, 0.15) is 18.1 Å². The molecule has 0 aliphatic rings. The van der Waals surface area contributed by atoms with Crippen LogP contribution in [0.15, 0.2) is 4.99 Å². The van der Waals surface area contributed by atoms with Crippen LogP contribution >= 0.6 is 0 Å². The van der Waals surface area contributed by atoms with E-state index in [1.165, 1.54) is 0 Å². The van der Waals surface area contributed by atoms with E-state index in [9.17, 15) is 24.3 Å². The number of nitrogens with zero attached hydrogens (tertiary/aromatic N) is 1. The number of aliphatic imine (C=N–C) groups is 1. The third kappa shape index (κ3) is 12.2. The number of hydrogen-bond donors (Lipinski definition) is 7. The number of amides is 3. The molecule has 6 atom stereocenters. The molecule has 0 aromatic rings. The zero-order valence-corrected chi connectivity index (χ0v) is 22.5. The van der Waals surface area contributed by atoms with E-state index in [2.05, 4.69) is 20.9 Å². The smallest absolute Gasteiger partial charge is 0.326 e. The Hall–Kier alpha value is -2.89. The lowest BCUT2D eigenvalue weighted by Crippen LogP contribution is -2.60. The minimum atomic E-state index is -1.13. The summed E-state index contributed by atoms with van der Waals surface area (Å²) in [4.78, 5) is 54.5. The van der Waals surface area contributed by atoms with Crippen LogP contribution in [0.4, 0.5) is 0 Å². The molecule has 12 nitrogen and oxygen atoms in total. The van der Waals surface area contributed by atoms with Gasteiger partial charge in [-0.15, -0.1) is 0 Å². The number of hydrogen-bond acceptors (Lipinski definition) is 6. The molecule has 0 radical (unpaired) electrons. The van der Waals surface area contributed by atoms with Crippen LogP contribution in [0.5, 0.6) is 0 Å². The third-order valence-corrected chi connectivity index (χ3v) is 6.21. The number of carbonyl (C=O) groups is 4. The fourth-order valence-electron chi connectivity index (χ4n) is 3.51. The first kappa shape index (κ1) is 33.1. The van der Waals surface area contributed by atoms with Crippen LogP contribution in [0, 0.1) is 17.8 Å². The van der Waals surface area contributed by atoms with Crippen molar-refractivity contribution in [2.75, 3.05) is 6.54 Å². The summed E-state index contributed by atoms with van der Waals surface area (Å²) in [5, 5.41) is 17.5. The molecule has 0 spiro atoms. The molecule has 0 aliphatic heterocycles. The van der Waals surface area contributed by atoms with Gasteiger partial charge in [-0.05, 0) is 37.0 Å². The molecule has 0 heterocycles. The van der Waals surface area contributed by atoms with Gasteiger partial charge in [0.15, 0.2) is 5.96 Å². The van der Waals surface area contributed by atoms with Gasteiger partial charge in [0, 0.05) is 6.54 Å². The Labute approximate surface area is 214 Å². The number of guanidine groups is 1. The molecule has 208 valence electrons. The number of rotatable bonds is 17. The highest BCUT2D eigenvalue weighted by atomic mass is 16.4. The molecule has 0 rings (SSSR count). The van der Waals surface area contributed by atoms with Crippen molar-refractivity contribution >= 4 is 29.7 Å². The second-order valence-electron chi connectivity index (χ2n) is 9.83. The predicted molar refractivity (Wildman–Crippen MR) is 140 cm³/mol. The average molecular weight is 514 g/mol. The normalized spacial score (nSPS) is 16.1. The van der Waals surface area contributed by atoms with Crippen LogP contribution in [0.25, 0.3) is 0 Å². The summed E-state index contributed by atoms with van der Waals surface area (Å²) in [7, 11) is 0. The highest BCUT2D eigenvalue weighted by Crippen LogP contribution is 2.14. The van der Waals surface area contributed by atoms with Gasteiger partial charge in [0.25, 0.3) is 0 Å². The number of nitrogens with two attached hydrogens (primary N) is 3. The molecule has 0 bridgehead atoms. The summed E-state index contributed by atoms with van der Waals surface area (Å²) in [6.07, 6.45) is 2.23. The van der Waals surface area contributed by atoms with Crippen LogP contribution in [0.2, 0.25) is 0 Å². The molecule has 0 saturated carbocycles. The van der Waals surface area contributed by atoms with Crippen LogP contribution < -0.4 is 33.2 Å². The second-order valence-corrected chi connectivity index (χ2v) is 9.83. The largest absolute Gasteiger partial charge is 0.480 e. The van der Waals surface area contributed by atoms with Gasteiger partial charge in [-0.2, -0.15) is 0 Å². The molecule has 36 heavy (non-hydrogen) atoms. The molecule has 12 heteroatoms. The molecule has 0 aromatic carbocycles. The lowest BCUT2D eigenvalue weighted by molar-refractivity contribution is -0.143. The first-order valence-electron chi connectivity index (χ1n) is 12.7. The maximum absolute atomic E-state index is 13.3. The summed E-state index contributed by atoms with van der Waals surface area (Å²) in [5.41, 5.74) is 16.6. The zero-order chi connectivity index (χ0) is 28.0. The van der Waals surface area contributed by atoms with E-state index < -0.39 is 47.9 Å². The van der Waals surface area contributed by atoms with Crippen LogP contribution in [0.3, 0.4) is 0 Å². The zero-order valence-electron chi connectivity index (χ0n) is 22.5. The van der Waals surface area contributed by atoms with E-state index in [0.717, 1.165) is 0 Å². The standard InChI is InChI=1S/C24H47N7O5/c1-7-14(5)18(21(33)29-17(23(35)36)12-13(3)4)31-22(34)19(15(6)8-2)30-20(32)16(25)10-9-11-28-24(26)27/h13-19H,7-12,25H2,1-6H3,(H,29,33)(H,30,32)(H,31,34)(H,35,36)(H4,26,27,28). The number of carboxylic acids is 1. The summed E-state index contributed by atoms with van der Waals surface area (Å²) in [6, 6.07) is -3.81. The quantitative estimate of drug-likeness (QED) is 0.0798. The molecule has 0 fully saturated rings. The fraction of sp³-hybridized carbons (Fsp3) is 0.792. The summed E-state index contributed by atoms with van der Waals surface area (Å²) >= 11 is 0. The molecular weight excluding hydrogens is 466 g/mol. The van der Waals surface area contributed by atoms with Crippen molar-refractivity contribution in [3.8, 4) is 0 Å². The van der Waals surface area contributed by atoms with Crippen molar-refractivity contribution in [1.29, 1.82) is 0 Å². The van der Waals surface area contributed by atoms with E-state index in [4.69, 9.17) is 17.2 Å². The Morgan fingerprint density at radius 1 is 0.833 bits per heavy atom. The minimum absolute atomic E-state index is 0.0414. The Bertz CT molecular complexity index is 755. The minimum Gasteiger partial charge on any atom is -0.480 e. The third-order valence-electron chi connectivity index (χ3n) is 6.21. The molecule has 10 N–H and O–H groups in total. The summed E-state index contributed by atoms with van der Waals surface area (Å²) < 4.78 is 0. The van der Waals surface area contributed by atoms with Gasteiger partial charge < -0.3 is 38.3 Å². The monoisotopic (exact) mass is 513 g/mol. The second kappa shape index (κ2) is 16.7. The molecule has 0 saturated heterocycles. The first-order valence-corrected chi connectivity index (χ1v) is 12.7. The lowest BCUT2D eigenvalue weighted by atomic mass is 9.94. The maximum atomic E-state index is 13.3. The van der Waals surface area contributed by atoms with Crippen LogP contribution in [-0.4, -0.2) is 65.5 Å². The Morgan fingerprint density at radius 2 is 1.31 bits per heavy atom. The van der Waals surface area contributed by atoms with E-state index in [0.29, 0.717) is 32.2 Å². The Morgan fingerprint density at radius 3 is 1.72 bits per heavy atom. The highest BCUT2D eigenvalue weighted by molar-refractivity contribution is 5.94. The van der Waals surface area contributed by atoms with Gasteiger partial charge in [0.2, 0.25) is 17.7 Å². The Kier molecular flexibility index (Phi) is 15.4. The van der Waals surface area contributed by atoms with E-state index in [-0.39, 0.29) is 30.1 Å². The van der Waals surface area contributed by atoms with Crippen molar-refractivity contribution in [2.45, 2.75) is 97.8 Å². The van der Waals surface area contributed by atoms with Crippen molar-refractivity contribution in [3.63, 3.8) is 0 Å². The SMILES string of the molecule is CCC(C)C(NC(=O)C(N)CCCN=C(N)N)C(=O)NC(C(=O)NC(CC(C)C)C(=O)O)C(C)CC. The van der Waals surface area contributed by atoms with Crippen molar-refractivity contribution in [3.05, 3.63) is 0 Å². The number of carboxylic acid groups (broad SMARTS) is 1. The first-order chi connectivity index (χ1) is 16.7. The number of nitrogens with one attached hydrogen (secondary N) is 3. The number of carbonyl (C=O) groups excluding carboxylic acids is 3. The molecule has 6 unspecified atom stereocenters. The molecule has 0 aromatic heterocycles. The highest BCUT2D eigenvalue weighted by Gasteiger charge is 2.34. The van der Waals surface area contributed by atoms with Crippen molar-refractivity contribution < 1.29 is 24.3 Å². The van der Waals surface area contributed by atoms with E-state index in [1.807, 2.05) is 34.6 Å².